The summed E-state index contributed by atoms with van der Waals surface area (Å²) in [6.45, 7) is 8.44. The molecule has 3 heterocycles. The number of aryl methyl sites for hydroxylation is 2. The lowest BCUT2D eigenvalue weighted by atomic mass is 9.43. The molecule has 318 valence electrons. The summed E-state index contributed by atoms with van der Waals surface area (Å²) in [6.07, 6.45) is 12.4. The molecule has 1 aromatic heterocycles. The van der Waals surface area contributed by atoms with Crippen molar-refractivity contribution in [1.29, 1.82) is 0 Å². The molecular formula is C48H63N2O9+. The second-order valence-electron chi connectivity index (χ2n) is 19.2. The third-order valence-electron chi connectivity index (χ3n) is 16.4. The van der Waals surface area contributed by atoms with E-state index in [1.54, 1.807) is 7.11 Å². The van der Waals surface area contributed by atoms with Crippen LogP contribution in [0.15, 0.2) is 36.5 Å². The Morgan fingerprint density at radius 3 is 2.66 bits per heavy atom. The maximum Gasteiger partial charge on any atom is 0.325 e. The van der Waals surface area contributed by atoms with E-state index in [0.29, 0.717) is 60.5 Å². The zero-order chi connectivity index (χ0) is 41.1. The van der Waals surface area contributed by atoms with Crippen molar-refractivity contribution in [3.8, 4) is 34.3 Å². The Labute approximate surface area is 348 Å². The van der Waals surface area contributed by atoms with Gasteiger partial charge in [-0.1, -0.05) is 20.8 Å². The summed E-state index contributed by atoms with van der Waals surface area (Å²) < 4.78 is 31.0. The van der Waals surface area contributed by atoms with Gasteiger partial charge in [0.2, 0.25) is 18.4 Å². The number of nitrogens with one attached hydrogen (secondary N) is 1. The molecule has 2 aromatic carbocycles. The Balaban J connectivity index is 0.730. The molecular weight excluding hydrogens is 749 g/mol. The minimum atomic E-state index is -0.470. The number of rotatable bonds is 12. The van der Waals surface area contributed by atoms with E-state index in [4.69, 9.17) is 23.7 Å². The van der Waals surface area contributed by atoms with E-state index < -0.39 is 5.97 Å². The predicted molar refractivity (Wildman–Crippen MR) is 221 cm³/mol. The van der Waals surface area contributed by atoms with Gasteiger partial charge in [-0.25, -0.2) is 0 Å². The van der Waals surface area contributed by atoms with Crippen LogP contribution in [0.5, 0.6) is 23.0 Å². The lowest BCUT2D eigenvalue weighted by molar-refractivity contribution is -0.686. The summed E-state index contributed by atoms with van der Waals surface area (Å²) >= 11 is 0. The van der Waals surface area contributed by atoms with Crippen molar-refractivity contribution in [3.05, 3.63) is 42.1 Å². The zero-order valence-electron chi connectivity index (χ0n) is 35.3. The third-order valence-corrected chi connectivity index (χ3v) is 16.4. The SMILES string of the molecule is COc1ccc2cc3[n+](cc2c1OCCCOC(=O)CNC(=O)CC[C@@H](C)C1CCC2C4CCC5C[C@H](O)CC[C@]5(C)C4C[C@H](O)[C@@]21C)CCc1cc2c(cc1-3)OCO2. The zero-order valence-corrected chi connectivity index (χ0v) is 35.3. The Morgan fingerprint density at radius 1 is 1.00 bits per heavy atom. The van der Waals surface area contributed by atoms with Gasteiger partial charge in [-0.15, -0.1) is 0 Å². The number of esters is 1. The molecule has 2 aliphatic heterocycles. The second kappa shape index (κ2) is 16.1. The number of carbonyl (C=O) groups excluding carboxylic acids is 2. The first-order valence-electron chi connectivity index (χ1n) is 22.4. The maximum atomic E-state index is 12.9. The van der Waals surface area contributed by atoms with Crippen molar-refractivity contribution in [3.63, 3.8) is 0 Å². The number of aliphatic hydroxyl groups is 2. The Morgan fingerprint density at radius 2 is 1.83 bits per heavy atom. The molecule has 11 nitrogen and oxygen atoms in total. The van der Waals surface area contributed by atoms with Crippen LogP contribution in [-0.4, -0.2) is 68.0 Å². The molecule has 0 bridgehead atoms. The van der Waals surface area contributed by atoms with Gasteiger partial charge in [0.05, 0.1) is 43.5 Å². The van der Waals surface area contributed by atoms with Crippen LogP contribution < -0.4 is 28.8 Å². The van der Waals surface area contributed by atoms with Gasteiger partial charge in [-0.3, -0.25) is 9.59 Å². The van der Waals surface area contributed by atoms with E-state index >= 15 is 0 Å². The van der Waals surface area contributed by atoms with Gasteiger partial charge < -0.3 is 39.2 Å². The second-order valence-corrected chi connectivity index (χ2v) is 19.2. The normalized spacial score (nSPS) is 31.9. The number of aromatic nitrogens is 1. The molecule has 10 atom stereocenters. The lowest BCUT2D eigenvalue weighted by Crippen LogP contribution is -2.58. The van der Waals surface area contributed by atoms with E-state index in [9.17, 15) is 19.8 Å². The van der Waals surface area contributed by atoms with Crippen LogP contribution in [-0.2, 0) is 27.3 Å². The molecule has 0 spiro atoms. The quantitative estimate of drug-likeness (QED) is 0.101. The Bertz CT molecular complexity index is 2090. The van der Waals surface area contributed by atoms with Gasteiger partial charge in [-0.05, 0) is 139 Å². The summed E-state index contributed by atoms with van der Waals surface area (Å²) in [5.74, 6) is 5.13. The average Bonchev–Trinajstić information content (AvgIpc) is 3.85. The molecule has 1 amide bonds. The van der Waals surface area contributed by atoms with E-state index in [1.165, 1.54) is 18.4 Å². The number of ether oxygens (including phenoxy) is 5. The topological polar surface area (TPSA) is 137 Å². The Hall–Kier alpha value is -4.09. The number of fused-ring (bicyclic) bond motifs is 10. The van der Waals surface area contributed by atoms with Crippen LogP contribution in [0, 0.1) is 46.3 Å². The molecule has 3 N–H and O–H groups in total. The first kappa shape index (κ1) is 40.3. The van der Waals surface area contributed by atoms with E-state index in [2.05, 4.69) is 55.1 Å². The molecule has 0 saturated heterocycles. The maximum absolute atomic E-state index is 12.9. The number of amides is 1. The number of carbonyl (C=O) groups is 2. The number of hydrogen-bond acceptors (Lipinski definition) is 9. The average molecular weight is 812 g/mol. The van der Waals surface area contributed by atoms with Crippen LogP contribution >= 0.6 is 0 Å². The highest BCUT2D eigenvalue weighted by Crippen LogP contribution is 2.68. The van der Waals surface area contributed by atoms with E-state index in [1.807, 2.05) is 12.1 Å². The number of hydrogen-bond donors (Lipinski definition) is 3. The molecule has 3 aromatic rings. The van der Waals surface area contributed by atoms with Crippen molar-refractivity contribution in [2.75, 3.05) is 33.7 Å². The largest absolute Gasteiger partial charge is 0.493 e. The molecule has 9 rings (SSSR count). The molecule has 4 fully saturated rings. The summed E-state index contributed by atoms with van der Waals surface area (Å²) in [7, 11) is 1.63. The van der Waals surface area contributed by atoms with Crippen LogP contribution in [0.2, 0.25) is 0 Å². The third kappa shape index (κ3) is 7.21. The van der Waals surface area contributed by atoms with Crippen molar-refractivity contribution in [2.45, 2.75) is 117 Å². The summed E-state index contributed by atoms with van der Waals surface area (Å²) in [5, 5.41) is 27.0. The van der Waals surface area contributed by atoms with Crippen LogP contribution in [0.1, 0.15) is 97.0 Å². The predicted octanol–water partition coefficient (Wildman–Crippen LogP) is 6.92. The highest BCUT2D eigenvalue weighted by atomic mass is 16.7. The van der Waals surface area contributed by atoms with Gasteiger partial charge in [0, 0.05) is 25.3 Å². The molecule has 6 aliphatic rings. The fourth-order valence-electron chi connectivity index (χ4n) is 13.2. The lowest BCUT2D eigenvalue weighted by Gasteiger charge is -2.62. The smallest absolute Gasteiger partial charge is 0.325 e. The molecule has 4 aliphatic carbocycles. The molecule has 0 radical (unpaired) electrons. The number of pyridine rings is 1. The summed E-state index contributed by atoms with van der Waals surface area (Å²) in [6, 6.07) is 10.3. The highest BCUT2D eigenvalue weighted by Gasteiger charge is 2.63. The standard InChI is InChI=1S/C48H62N2O9/c1-28(36-10-11-37-33-9-8-31-22-32(51)14-16-47(31,2)38(33)24-43(52)48(36,37)3)6-13-44(53)49-25-45(54)56-18-5-19-57-46-35-26-50-17-15-30-21-41-42(59-27-58-41)23-34(30)39(50)20-29(35)7-12-40(46)55-4/h7,12,20-21,23,26,28,31-33,36-38,43,51-52H,5-6,8-11,13-19,22,24-25,27H2,1-4H3/p+1/t28-,31?,32-,33?,36?,37?,38?,43+,47+,48-/m1/s1. The monoisotopic (exact) mass is 811 g/mol. The number of nitrogens with zero attached hydrogens (tertiary/aromatic N) is 1. The van der Waals surface area contributed by atoms with E-state index in [0.717, 1.165) is 91.4 Å². The molecule has 4 saturated carbocycles. The fraction of sp³-hybridized carbons (Fsp3) is 0.646. The van der Waals surface area contributed by atoms with Crippen LogP contribution in [0.25, 0.3) is 22.0 Å². The van der Waals surface area contributed by atoms with Crippen molar-refractivity contribution < 1.29 is 48.1 Å². The van der Waals surface area contributed by atoms with Crippen molar-refractivity contribution in [2.24, 2.45) is 46.3 Å². The summed E-state index contributed by atoms with van der Waals surface area (Å²) in [4.78, 5) is 25.6. The minimum Gasteiger partial charge on any atom is -0.493 e. The number of methoxy groups -OCH3 is 1. The van der Waals surface area contributed by atoms with Gasteiger partial charge in [-0.2, -0.15) is 4.57 Å². The van der Waals surface area contributed by atoms with Crippen molar-refractivity contribution >= 4 is 22.6 Å². The highest BCUT2D eigenvalue weighted by molar-refractivity contribution is 5.92. The molecule has 59 heavy (non-hydrogen) atoms. The minimum absolute atomic E-state index is 0.140. The van der Waals surface area contributed by atoms with Crippen LogP contribution in [0.3, 0.4) is 0 Å². The molecule has 11 heteroatoms. The van der Waals surface area contributed by atoms with Crippen molar-refractivity contribution in [1.82, 2.24) is 5.32 Å². The van der Waals surface area contributed by atoms with E-state index in [-0.39, 0.29) is 54.8 Å². The van der Waals surface area contributed by atoms with Gasteiger partial charge in [0.15, 0.2) is 35.7 Å². The van der Waals surface area contributed by atoms with Gasteiger partial charge in [0.1, 0.15) is 6.54 Å². The first-order valence-corrected chi connectivity index (χ1v) is 22.4. The number of benzene rings is 2. The molecule has 5 unspecified atom stereocenters. The summed E-state index contributed by atoms with van der Waals surface area (Å²) in [5.41, 5.74) is 3.56. The van der Waals surface area contributed by atoms with Gasteiger partial charge in [0.25, 0.3) is 0 Å². The Kier molecular flexibility index (Phi) is 11.0. The van der Waals surface area contributed by atoms with Gasteiger partial charge >= 0.3 is 5.97 Å². The first-order chi connectivity index (χ1) is 28.5. The van der Waals surface area contributed by atoms with Crippen LogP contribution in [0.4, 0.5) is 0 Å². The number of aliphatic hydroxyl groups excluding tert-OH is 2. The fourth-order valence-corrected chi connectivity index (χ4v) is 13.2.